The monoisotopic (exact) mass is 239 g/mol. The van der Waals surface area contributed by atoms with Crippen molar-refractivity contribution in [1.29, 1.82) is 0 Å². The van der Waals surface area contributed by atoms with Gasteiger partial charge in [-0.2, -0.15) is 0 Å². The van der Waals surface area contributed by atoms with E-state index in [2.05, 4.69) is 43.3 Å². The molecule has 0 amide bonds. The van der Waals surface area contributed by atoms with E-state index in [4.69, 9.17) is 5.73 Å². The van der Waals surface area contributed by atoms with Crippen molar-refractivity contribution in [3.05, 3.63) is 47.5 Å². The third kappa shape index (κ3) is 1.65. The highest BCUT2D eigenvalue weighted by molar-refractivity contribution is 5.89. The van der Waals surface area contributed by atoms with E-state index in [0.29, 0.717) is 0 Å². The fourth-order valence-electron chi connectivity index (χ4n) is 3.55. The molecule has 1 saturated carbocycles. The molecule has 0 saturated heterocycles. The Hall–Kier alpha value is -1.34. The van der Waals surface area contributed by atoms with Crippen LogP contribution in [0.2, 0.25) is 0 Å². The number of rotatable bonds is 2. The van der Waals surface area contributed by atoms with Gasteiger partial charge < -0.3 is 5.73 Å². The molecule has 2 aromatic carbocycles. The number of fused-ring (bicyclic) bond motifs is 1. The van der Waals surface area contributed by atoms with E-state index < -0.39 is 0 Å². The number of hydrogen-bond donors (Lipinski definition) is 1. The summed E-state index contributed by atoms with van der Waals surface area (Å²) in [6.07, 6.45) is 5.13. The van der Waals surface area contributed by atoms with Gasteiger partial charge in [0.05, 0.1) is 0 Å². The summed E-state index contributed by atoms with van der Waals surface area (Å²) >= 11 is 0. The summed E-state index contributed by atoms with van der Waals surface area (Å²) in [6.45, 7) is 2.97. The third-order valence-electron chi connectivity index (χ3n) is 4.66. The van der Waals surface area contributed by atoms with Crippen LogP contribution in [0.15, 0.2) is 36.4 Å². The Balaban J connectivity index is 2.26. The van der Waals surface area contributed by atoms with Gasteiger partial charge in [0, 0.05) is 12.0 Å². The Morgan fingerprint density at radius 1 is 1.00 bits per heavy atom. The lowest BCUT2D eigenvalue weighted by Crippen LogP contribution is -2.32. The van der Waals surface area contributed by atoms with Crippen molar-refractivity contribution in [2.24, 2.45) is 5.73 Å². The Morgan fingerprint density at radius 3 is 2.33 bits per heavy atom. The van der Waals surface area contributed by atoms with E-state index in [9.17, 15) is 0 Å². The number of benzene rings is 2. The Kier molecular flexibility index (Phi) is 2.87. The van der Waals surface area contributed by atoms with Crippen LogP contribution in [-0.4, -0.2) is 6.54 Å². The van der Waals surface area contributed by atoms with E-state index >= 15 is 0 Å². The summed E-state index contributed by atoms with van der Waals surface area (Å²) in [5, 5.41) is 2.79. The van der Waals surface area contributed by atoms with Crippen LogP contribution in [0.1, 0.15) is 36.8 Å². The molecule has 0 spiro atoms. The van der Waals surface area contributed by atoms with Crippen LogP contribution in [0.4, 0.5) is 0 Å². The van der Waals surface area contributed by atoms with Gasteiger partial charge in [0.2, 0.25) is 0 Å². The fourth-order valence-corrected chi connectivity index (χ4v) is 3.55. The first-order valence-electron chi connectivity index (χ1n) is 6.96. The van der Waals surface area contributed by atoms with Crippen LogP contribution >= 0.6 is 0 Å². The lowest BCUT2D eigenvalue weighted by atomic mass is 9.76. The quantitative estimate of drug-likeness (QED) is 0.844. The molecule has 1 nitrogen and oxygen atoms in total. The second kappa shape index (κ2) is 4.40. The first-order chi connectivity index (χ1) is 8.77. The van der Waals surface area contributed by atoms with Gasteiger partial charge in [0.25, 0.3) is 0 Å². The van der Waals surface area contributed by atoms with Crippen molar-refractivity contribution in [2.75, 3.05) is 6.54 Å². The lowest BCUT2D eigenvalue weighted by molar-refractivity contribution is 0.457. The maximum absolute atomic E-state index is 6.13. The van der Waals surface area contributed by atoms with Crippen molar-refractivity contribution in [2.45, 2.75) is 38.0 Å². The molecule has 1 aliphatic carbocycles. The molecule has 0 unspecified atom stereocenters. The van der Waals surface area contributed by atoms with Crippen LogP contribution < -0.4 is 5.73 Å². The number of aryl methyl sites for hydroxylation is 1. The summed E-state index contributed by atoms with van der Waals surface area (Å²) < 4.78 is 0. The third-order valence-corrected chi connectivity index (χ3v) is 4.66. The van der Waals surface area contributed by atoms with Gasteiger partial charge >= 0.3 is 0 Å². The minimum absolute atomic E-state index is 0.229. The summed E-state index contributed by atoms with van der Waals surface area (Å²) in [4.78, 5) is 0. The van der Waals surface area contributed by atoms with Gasteiger partial charge in [0.15, 0.2) is 0 Å². The molecular weight excluding hydrogens is 218 g/mol. The van der Waals surface area contributed by atoms with E-state index in [0.717, 1.165) is 6.54 Å². The molecular formula is C17H21N. The van der Waals surface area contributed by atoms with Crippen molar-refractivity contribution in [3.63, 3.8) is 0 Å². The van der Waals surface area contributed by atoms with E-state index in [1.54, 1.807) is 0 Å². The molecule has 0 heterocycles. The molecule has 0 atom stereocenters. The molecule has 2 aromatic rings. The second-order valence-corrected chi connectivity index (χ2v) is 5.67. The molecule has 1 fully saturated rings. The smallest absolute Gasteiger partial charge is 0.00817 e. The number of hydrogen-bond acceptors (Lipinski definition) is 1. The summed E-state index contributed by atoms with van der Waals surface area (Å²) in [7, 11) is 0. The van der Waals surface area contributed by atoms with Gasteiger partial charge in [-0.05, 0) is 41.7 Å². The predicted molar refractivity (Wildman–Crippen MR) is 77.9 cm³/mol. The van der Waals surface area contributed by atoms with Crippen molar-refractivity contribution >= 4 is 10.8 Å². The zero-order chi connectivity index (χ0) is 12.6. The molecule has 0 aliphatic heterocycles. The second-order valence-electron chi connectivity index (χ2n) is 5.67. The minimum atomic E-state index is 0.229. The summed E-state index contributed by atoms with van der Waals surface area (Å²) in [6, 6.07) is 13.3. The largest absolute Gasteiger partial charge is 0.330 e. The van der Waals surface area contributed by atoms with Crippen LogP contribution in [0.3, 0.4) is 0 Å². The normalized spacial score (nSPS) is 18.3. The molecule has 18 heavy (non-hydrogen) atoms. The first-order valence-corrected chi connectivity index (χ1v) is 6.96. The molecule has 3 rings (SSSR count). The summed E-state index contributed by atoms with van der Waals surface area (Å²) in [5.41, 5.74) is 9.20. The molecule has 94 valence electrons. The van der Waals surface area contributed by atoms with Gasteiger partial charge in [0.1, 0.15) is 0 Å². The molecule has 1 aliphatic rings. The maximum atomic E-state index is 6.13. The van der Waals surface area contributed by atoms with Crippen molar-refractivity contribution < 1.29 is 0 Å². The average Bonchev–Trinajstić information content (AvgIpc) is 2.89. The van der Waals surface area contributed by atoms with E-state index in [1.165, 1.54) is 47.6 Å². The topological polar surface area (TPSA) is 26.0 Å². The van der Waals surface area contributed by atoms with Crippen LogP contribution in [0.25, 0.3) is 10.8 Å². The van der Waals surface area contributed by atoms with Crippen LogP contribution in [0.5, 0.6) is 0 Å². The Morgan fingerprint density at radius 2 is 1.67 bits per heavy atom. The fraction of sp³-hybridized carbons (Fsp3) is 0.412. The zero-order valence-electron chi connectivity index (χ0n) is 11.1. The van der Waals surface area contributed by atoms with Crippen LogP contribution in [-0.2, 0) is 5.41 Å². The van der Waals surface area contributed by atoms with Crippen molar-refractivity contribution in [1.82, 2.24) is 0 Å². The highest BCUT2D eigenvalue weighted by atomic mass is 14.6. The lowest BCUT2D eigenvalue weighted by Gasteiger charge is -2.29. The molecule has 2 N–H and O–H groups in total. The minimum Gasteiger partial charge on any atom is -0.330 e. The highest BCUT2D eigenvalue weighted by Gasteiger charge is 2.35. The maximum Gasteiger partial charge on any atom is 0.00817 e. The average molecular weight is 239 g/mol. The van der Waals surface area contributed by atoms with Crippen molar-refractivity contribution in [3.8, 4) is 0 Å². The predicted octanol–water partition coefficient (Wildman–Crippen LogP) is 3.92. The van der Waals surface area contributed by atoms with Gasteiger partial charge in [-0.25, -0.2) is 0 Å². The number of nitrogens with two attached hydrogens (primary N) is 1. The molecule has 0 aromatic heterocycles. The standard InChI is InChI=1S/C17H21N/c1-13-8-9-16(15-7-3-2-6-14(13)15)17(12-18)10-4-5-11-17/h2-3,6-9H,4-5,10-12,18H2,1H3. The van der Waals surface area contributed by atoms with Gasteiger partial charge in [-0.3, -0.25) is 0 Å². The van der Waals surface area contributed by atoms with Crippen LogP contribution in [0, 0.1) is 6.92 Å². The van der Waals surface area contributed by atoms with Gasteiger partial charge in [-0.1, -0.05) is 49.2 Å². The summed E-state index contributed by atoms with van der Waals surface area (Å²) in [5.74, 6) is 0. The van der Waals surface area contributed by atoms with E-state index in [-0.39, 0.29) is 5.41 Å². The zero-order valence-corrected chi connectivity index (χ0v) is 11.1. The molecule has 0 radical (unpaired) electrons. The molecule has 1 heteroatoms. The Bertz CT molecular complexity index is 565. The SMILES string of the molecule is Cc1ccc(C2(CN)CCCC2)c2ccccc12. The first kappa shape index (κ1) is 11.7. The van der Waals surface area contributed by atoms with Gasteiger partial charge in [-0.15, -0.1) is 0 Å². The molecule has 0 bridgehead atoms. The van der Waals surface area contributed by atoms with E-state index in [1.807, 2.05) is 0 Å². The Labute approximate surface area is 109 Å². The highest BCUT2D eigenvalue weighted by Crippen LogP contribution is 2.43.